The van der Waals surface area contributed by atoms with Gasteiger partial charge in [0.15, 0.2) is 0 Å². The fraction of sp³-hybridized carbons (Fsp3) is 0.533. The third-order valence-corrected chi connectivity index (χ3v) is 3.34. The van der Waals surface area contributed by atoms with Crippen LogP contribution in [0.1, 0.15) is 26.2 Å². The molecule has 1 heterocycles. The summed E-state index contributed by atoms with van der Waals surface area (Å²) in [7, 11) is 0. The highest BCUT2D eigenvalue weighted by Gasteiger charge is 2.19. The Labute approximate surface area is 118 Å². The first-order chi connectivity index (χ1) is 9.66. The fourth-order valence-corrected chi connectivity index (χ4v) is 2.08. The van der Waals surface area contributed by atoms with Crippen molar-refractivity contribution in [3.05, 3.63) is 24.3 Å². The van der Waals surface area contributed by atoms with Crippen molar-refractivity contribution in [1.29, 1.82) is 0 Å². The van der Waals surface area contributed by atoms with Crippen molar-refractivity contribution in [2.24, 2.45) is 0 Å². The summed E-state index contributed by atoms with van der Waals surface area (Å²) in [6.07, 6.45) is 2.73. The minimum atomic E-state index is -0.583. The molecule has 1 aromatic rings. The Balaban J connectivity index is 1.78. The lowest BCUT2D eigenvalue weighted by atomic mass is 10.1. The quantitative estimate of drug-likeness (QED) is 0.812. The number of nitrogens with one attached hydrogen (secondary N) is 1. The van der Waals surface area contributed by atoms with E-state index in [9.17, 15) is 9.90 Å². The number of phenolic OH excluding ortho intramolecular Hbond substituents is 1. The van der Waals surface area contributed by atoms with Crippen molar-refractivity contribution in [2.45, 2.75) is 38.4 Å². The normalized spacial score (nSPS) is 20.4. The number of ether oxygens (including phenoxy) is 2. The van der Waals surface area contributed by atoms with Crippen molar-refractivity contribution in [3.63, 3.8) is 0 Å². The fourth-order valence-electron chi connectivity index (χ4n) is 2.08. The van der Waals surface area contributed by atoms with Gasteiger partial charge in [-0.2, -0.15) is 0 Å². The van der Waals surface area contributed by atoms with E-state index in [4.69, 9.17) is 9.47 Å². The van der Waals surface area contributed by atoms with E-state index in [-0.39, 0.29) is 17.8 Å². The Hall–Kier alpha value is -1.59. The smallest absolute Gasteiger partial charge is 0.253 e. The molecule has 1 aliphatic heterocycles. The van der Waals surface area contributed by atoms with Crippen LogP contribution < -0.4 is 5.32 Å². The summed E-state index contributed by atoms with van der Waals surface area (Å²) in [5, 5.41) is 12.2. The van der Waals surface area contributed by atoms with Crippen LogP contribution in [0.25, 0.3) is 0 Å². The molecule has 0 saturated carbocycles. The van der Waals surface area contributed by atoms with Gasteiger partial charge in [-0.3, -0.25) is 4.79 Å². The molecule has 1 saturated heterocycles. The zero-order chi connectivity index (χ0) is 14.4. The molecule has 0 aliphatic carbocycles. The van der Waals surface area contributed by atoms with Crippen molar-refractivity contribution in [1.82, 2.24) is 0 Å². The Morgan fingerprint density at radius 2 is 2.30 bits per heavy atom. The Morgan fingerprint density at radius 3 is 3.00 bits per heavy atom. The van der Waals surface area contributed by atoms with Crippen LogP contribution >= 0.6 is 0 Å². The van der Waals surface area contributed by atoms with Crippen molar-refractivity contribution in [3.8, 4) is 5.75 Å². The number of carbonyl (C=O) groups is 1. The molecule has 5 nitrogen and oxygen atoms in total. The van der Waals surface area contributed by atoms with Gasteiger partial charge in [0.1, 0.15) is 11.9 Å². The second-order valence-electron chi connectivity index (χ2n) is 4.97. The maximum Gasteiger partial charge on any atom is 0.253 e. The summed E-state index contributed by atoms with van der Waals surface area (Å²) in [4.78, 5) is 11.9. The predicted octanol–water partition coefficient (Wildman–Crippen LogP) is 2.30. The number of hydrogen-bond donors (Lipinski definition) is 2. The molecular weight excluding hydrogens is 258 g/mol. The topological polar surface area (TPSA) is 67.8 Å². The van der Waals surface area contributed by atoms with Gasteiger partial charge in [0.25, 0.3) is 5.91 Å². The first kappa shape index (κ1) is 14.8. The molecule has 2 atom stereocenters. The van der Waals surface area contributed by atoms with E-state index in [2.05, 4.69) is 5.32 Å². The van der Waals surface area contributed by atoms with Gasteiger partial charge in [0.05, 0.1) is 18.4 Å². The van der Waals surface area contributed by atoms with E-state index >= 15 is 0 Å². The maximum absolute atomic E-state index is 11.9. The second kappa shape index (κ2) is 7.26. The average molecular weight is 279 g/mol. The van der Waals surface area contributed by atoms with E-state index in [1.807, 2.05) is 0 Å². The van der Waals surface area contributed by atoms with Crippen molar-refractivity contribution < 1.29 is 19.4 Å². The van der Waals surface area contributed by atoms with Crippen LogP contribution in [0.3, 0.4) is 0 Å². The summed E-state index contributed by atoms with van der Waals surface area (Å²) >= 11 is 0. The van der Waals surface area contributed by atoms with Gasteiger partial charge in [-0.05, 0) is 38.3 Å². The number of para-hydroxylation sites is 2. The molecule has 0 aromatic heterocycles. The number of anilines is 1. The van der Waals surface area contributed by atoms with Gasteiger partial charge < -0.3 is 19.9 Å². The predicted molar refractivity (Wildman–Crippen MR) is 75.7 cm³/mol. The Bertz CT molecular complexity index is 443. The molecular formula is C15H21NO4. The zero-order valence-corrected chi connectivity index (χ0v) is 11.7. The number of phenols is 1. The minimum absolute atomic E-state index is 0.0451. The monoisotopic (exact) mass is 279 g/mol. The zero-order valence-electron chi connectivity index (χ0n) is 11.7. The molecule has 0 spiro atoms. The molecule has 2 rings (SSSR count). The lowest BCUT2D eigenvalue weighted by Crippen LogP contribution is -2.32. The van der Waals surface area contributed by atoms with Crippen molar-refractivity contribution in [2.75, 3.05) is 18.5 Å². The summed E-state index contributed by atoms with van der Waals surface area (Å²) in [5.74, 6) is -0.231. The van der Waals surface area contributed by atoms with Gasteiger partial charge in [0.2, 0.25) is 0 Å². The van der Waals surface area contributed by atoms with E-state index in [1.54, 1.807) is 25.1 Å². The summed E-state index contributed by atoms with van der Waals surface area (Å²) in [6, 6.07) is 6.61. The maximum atomic E-state index is 11.9. The number of amides is 1. The van der Waals surface area contributed by atoms with Crippen LogP contribution in [-0.4, -0.2) is 36.4 Å². The first-order valence-corrected chi connectivity index (χ1v) is 6.99. The molecule has 2 N–H and O–H groups in total. The van der Waals surface area contributed by atoms with Crippen LogP contribution in [0.4, 0.5) is 5.69 Å². The van der Waals surface area contributed by atoms with E-state index in [0.717, 1.165) is 25.9 Å². The van der Waals surface area contributed by atoms with Gasteiger partial charge in [-0.15, -0.1) is 0 Å². The average Bonchev–Trinajstić information content (AvgIpc) is 2.48. The molecule has 1 amide bonds. The molecule has 0 bridgehead atoms. The van der Waals surface area contributed by atoms with Gasteiger partial charge >= 0.3 is 0 Å². The highest BCUT2D eigenvalue weighted by atomic mass is 16.5. The molecule has 1 aliphatic rings. The SMILES string of the molecule is C[C@@H](OC[C@H]1CCCCO1)C(=O)Nc1ccccc1O. The summed E-state index contributed by atoms with van der Waals surface area (Å²) < 4.78 is 11.1. The van der Waals surface area contributed by atoms with Gasteiger partial charge in [-0.25, -0.2) is 0 Å². The third kappa shape index (κ3) is 4.21. The van der Waals surface area contributed by atoms with E-state index < -0.39 is 6.10 Å². The molecule has 1 aromatic carbocycles. The lowest BCUT2D eigenvalue weighted by Gasteiger charge is -2.23. The van der Waals surface area contributed by atoms with Crippen molar-refractivity contribution >= 4 is 11.6 Å². The molecule has 20 heavy (non-hydrogen) atoms. The summed E-state index contributed by atoms with van der Waals surface area (Å²) in [6.45, 7) is 2.89. The van der Waals surface area contributed by atoms with Crippen LogP contribution in [0.15, 0.2) is 24.3 Å². The number of aromatic hydroxyl groups is 1. The second-order valence-corrected chi connectivity index (χ2v) is 4.97. The molecule has 0 unspecified atom stereocenters. The summed E-state index contributed by atoms with van der Waals surface area (Å²) in [5.41, 5.74) is 0.391. The van der Waals surface area contributed by atoms with Gasteiger partial charge in [-0.1, -0.05) is 12.1 Å². The van der Waals surface area contributed by atoms with Crippen LogP contribution in [0.5, 0.6) is 5.75 Å². The van der Waals surface area contributed by atoms with Crippen LogP contribution in [0.2, 0.25) is 0 Å². The molecule has 1 fully saturated rings. The minimum Gasteiger partial charge on any atom is -0.506 e. The molecule has 5 heteroatoms. The van der Waals surface area contributed by atoms with E-state index in [1.165, 1.54) is 6.07 Å². The van der Waals surface area contributed by atoms with Gasteiger partial charge in [0, 0.05) is 6.61 Å². The highest BCUT2D eigenvalue weighted by molar-refractivity contribution is 5.95. The number of rotatable bonds is 5. The molecule has 110 valence electrons. The van der Waals surface area contributed by atoms with E-state index in [0.29, 0.717) is 12.3 Å². The largest absolute Gasteiger partial charge is 0.506 e. The number of carbonyl (C=O) groups excluding carboxylic acids is 1. The van der Waals surface area contributed by atoms with Crippen LogP contribution in [-0.2, 0) is 14.3 Å². The Morgan fingerprint density at radius 1 is 1.50 bits per heavy atom. The first-order valence-electron chi connectivity index (χ1n) is 6.99. The lowest BCUT2D eigenvalue weighted by molar-refractivity contribution is -0.130. The standard InChI is InChI=1S/C15H21NO4/c1-11(20-10-12-6-4-5-9-19-12)15(18)16-13-7-2-3-8-14(13)17/h2-3,7-8,11-12,17H,4-6,9-10H2,1H3,(H,16,18)/t11-,12-/m1/s1. The molecule has 0 radical (unpaired) electrons. The number of benzene rings is 1. The number of hydrogen-bond acceptors (Lipinski definition) is 4. The van der Waals surface area contributed by atoms with Crippen LogP contribution in [0, 0.1) is 0 Å². The Kier molecular flexibility index (Phi) is 5.38. The third-order valence-electron chi connectivity index (χ3n) is 3.34. The highest BCUT2D eigenvalue weighted by Crippen LogP contribution is 2.21.